The number of carbonyl (C=O) groups excluding carboxylic acids is 2. The van der Waals surface area contributed by atoms with Gasteiger partial charge in [-0.05, 0) is 43.2 Å². The number of hydrogen-bond acceptors (Lipinski definition) is 3. The number of hydrogen-bond donors (Lipinski definition) is 3. The Hall–Kier alpha value is -3.15. The molecular formula is C19H20N2O4. The Labute approximate surface area is 145 Å². The maximum atomic E-state index is 12.6. The Balaban J connectivity index is 2.26. The van der Waals surface area contributed by atoms with Crippen molar-refractivity contribution in [2.24, 2.45) is 0 Å². The van der Waals surface area contributed by atoms with Crippen LogP contribution in [-0.2, 0) is 4.79 Å². The van der Waals surface area contributed by atoms with Crippen molar-refractivity contribution in [3.05, 3.63) is 59.2 Å². The van der Waals surface area contributed by atoms with Gasteiger partial charge < -0.3 is 15.7 Å². The van der Waals surface area contributed by atoms with Crippen molar-refractivity contribution in [2.75, 3.05) is 10.6 Å². The van der Waals surface area contributed by atoms with E-state index < -0.39 is 11.9 Å². The van der Waals surface area contributed by atoms with Crippen LogP contribution < -0.4 is 10.6 Å². The van der Waals surface area contributed by atoms with Crippen LogP contribution in [0.5, 0.6) is 0 Å². The summed E-state index contributed by atoms with van der Waals surface area (Å²) in [5, 5.41) is 14.6. The molecule has 3 N–H and O–H groups in total. The number of para-hydroxylation sites is 1. The zero-order chi connectivity index (χ0) is 18.4. The Kier molecular flexibility index (Phi) is 5.89. The second-order valence-corrected chi connectivity index (χ2v) is 5.58. The Morgan fingerprint density at radius 2 is 1.56 bits per heavy atom. The van der Waals surface area contributed by atoms with E-state index in [0.29, 0.717) is 23.2 Å². The highest BCUT2D eigenvalue weighted by atomic mass is 16.4. The Morgan fingerprint density at radius 3 is 2.24 bits per heavy atom. The third-order valence-corrected chi connectivity index (χ3v) is 3.74. The lowest BCUT2D eigenvalue weighted by Gasteiger charge is -2.13. The van der Waals surface area contributed by atoms with E-state index in [1.165, 1.54) is 12.1 Å². The molecule has 2 amide bonds. The smallest absolute Gasteiger partial charge is 0.337 e. The fraction of sp³-hybridized carbons (Fsp3) is 0.211. The van der Waals surface area contributed by atoms with Gasteiger partial charge >= 0.3 is 5.97 Å². The number of carbonyl (C=O) groups is 3. The number of benzene rings is 2. The summed E-state index contributed by atoms with van der Waals surface area (Å²) in [4.78, 5) is 35.6. The van der Waals surface area contributed by atoms with Crippen LogP contribution in [0.15, 0.2) is 42.5 Å². The second kappa shape index (κ2) is 8.10. The molecule has 6 heteroatoms. The molecule has 0 aliphatic rings. The van der Waals surface area contributed by atoms with Gasteiger partial charge in [-0.1, -0.05) is 25.1 Å². The minimum absolute atomic E-state index is 0.0147. The summed E-state index contributed by atoms with van der Waals surface area (Å²) in [6.07, 6.45) is 1.14. The first-order valence-electron chi connectivity index (χ1n) is 7.97. The van der Waals surface area contributed by atoms with Crippen molar-refractivity contribution >= 4 is 29.2 Å². The third-order valence-electron chi connectivity index (χ3n) is 3.74. The zero-order valence-corrected chi connectivity index (χ0v) is 14.1. The number of aromatic carboxylic acids is 1. The van der Waals surface area contributed by atoms with Crippen molar-refractivity contribution in [1.82, 2.24) is 0 Å². The predicted octanol–water partition coefficient (Wildman–Crippen LogP) is 3.68. The van der Waals surface area contributed by atoms with Crippen LogP contribution in [0.3, 0.4) is 0 Å². The van der Waals surface area contributed by atoms with E-state index in [4.69, 9.17) is 0 Å². The van der Waals surface area contributed by atoms with Gasteiger partial charge in [0.05, 0.1) is 11.3 Å². The van der Waals surface area contributed by atoms with Crippen LogP contribution in [-0.4, -0.2) is 22.9 Å². The predicted molar refractivity (Wildman–Crippen MR) is 96.1 cm³/mol. The van der Waals surface area contributed by atoms with Gasteiger partial charge in [0, 0.05) is 17.7 Å². The monoisotopic (exact) mass is 340 g/mol. The lowest BCUT2D eigenvalue weighted by molar-refractivity contribution is -0.116. The molecule has 0 heterocycles. The molecule has 0 bridgehead atoms. The summed E-state index contributed by atoms with van der Waals surface area (Å²) in [5.74, 6) is -1.66. The Bertz CT molecular complexity index is 815. The number of carboxylic acid groups (broad SMARTS) is 1. The van der Waals surface area contributed by atoms with Crippen molar-refractivity contribution < 1.29 is 19.5 Å². The summed E-state index contributed by atoms with van der Waals surface area (Å²) in [5.41, 5.74) is 1.80. The fourth-order valence-electron chi connectivity index (χ4n) is 2.43. The minimum atomic E-state index is -1.12. The van der Waals surface area contributed by atoms with E-state index in [1.807, 2.05) is 6.92 Å². The van der Waals surface area contributed by atoms with Crippen LogP contribution in [0, 0.1) is 6.92 Å². The molecule has 0 unspecified atom stereocenters. The van der Waals surface area contributed by atoms with Gasteiger partial charge in [-0.3, -0.25) is 9.59 Å². The average molecular weight is 340 g/mol. The molecule has 6 nitrogen and oxygen atoms in total. The lowest BCUT2D eigenvalue weighted by Crippen LogP contribution is -2.18. The maximum Gasteiger partial charge on any atom is 0.337 e. The summed E-state index contributed by atoms with van der Waals surface area (Å²) in [6, 6.07) is 11.2. The van der Waals surface area contributed by atoms with Crippen molar-refractivity contribution in [3.63, 3.8) is 0 Å². The van der Waals surface area contributed by atoms with E-state index in [-0.39, 0.29) is 17.2 Å². The molecule has 0 aromatic heterocycles. The van der Waals surface area contributed by atoms with E-state index in [2.05, 4.69) is 10.6 Å². The topological polar surface area (TPSA) is 95.5 Å². The average Bonchev–Trinajstić information content (AvgIpc) is 2.57. The quantitative estimate of drug-likeness (QED) is 0.747. The van der Waals surface area contributed by atoms with E-state index in [9.17, 15) is 19.5 Å². The van der Waals surface area contributed by atoms with Gasteiger partial charge in [0.25, 0.3) is 5.91 Å². The van der Waals surface area contributed by atoms with E-state index >= 15 is 0 Å². The first-order valence-corrected chi connectivity index (χ1v) is 7.97. The summed E-state index contributed by atoms with van der Waals surface area (Å²) >= 11 is 0. The number of amides is 2. The molecule has 0 aliphatic carbocycles. The summed E-state index contributed by atoms with van der Waals surface area (Å²) in [6.45, 7) is 3.65. The molecule has 2 rings (SSSR count). The van der Waals surface area contributed by atoms with Gasteiger partial charge in [-0.25, -0.2) is 4.79 Å². The molecule has 2 aromatic carbocycles. The van der Waals surface area contributed by atoms with Crippen molar-refractivity contribution in [1.29, 1.82) is 0 Å². The highest BCUT2D eigenvalue weighted by Gasteiger charge is 2.16. The third kappa shape index (κ3) is 4.44. The standard InChI is InChI=1S/C19H20N2O4/c1-3-7-17(22)20-15-11-6-9-13(12(15)2)18(23)21-16-10-5-4-8-14(16)19(24)25/h4-6,8-11H,3,7H2,1-2H3,(H,20,22)(H,21,23)(H,24,25). The second-order valence-electron chi connectivity index (χ2n) is 5.58. The number of carboxylic acids is 1. The van der Waals surface area contributed by atoms with Crippen LogP contribution in [0.2, 0.25) is 0 Å². The fourth-order valence-corrected chi connectivity index (χ4v) is 2.43. The van der Waals surface area contributed by atoms with Crippen LogP contribution >= 0.6 is 0 Å². The first-order chi connectivity index (χ1) is 11.9. The van der Waals surface area contributed by atoms with E-state index in [1.54, 1.807) is 37.3 Å². The molecule has 0 saturated carbocycles. The maximum absolute atomic E-state index is 12.6. The zero-order valence-electron chi connectivity index (χ0n) is 14.1. The molecule has 0 spiro atoms. The number of rotatable bonds is 6. The molecule has 0 atom stereocenters. The normalized spacial score (nSPS) is 10.2. The highest BCUT2D eigenvalue weighted by Crippen LogP contribution is 2.22. The summed E-state index contributed by atoms with van der Waals surface area (Å²) < 4.78 is 0. The molecule has 0 fully saturated rings. The van der Waals surface area contributed by atoms with Gasteiger partial charge in [-0.15, -0.1) is 0 Å². The first kappa shape index (κ1) is 18.2. The SMILES string of the molecule is CCCC(=O)Nc1cccc(C(=O)Nc2ccccc2C(=O)O)c1C. The van der Waals surface area contributed by atoms with Crippen LogP contribution in [0.25, 0.3) is 0 Å². The van der Waals surface area contributed by atoms with E-state index in [0.717, 1.165) is 6.42 Å². The van der Waals surface area contributed by atoms with Gasteiger partial charge in [-0.2, -0.15) is 0 Å². The van der Waals surface area contributed by atoms with Gasteiger partial charge in [0.2, 0.25) is 5.91 Å². The summed E-state index contributed by atoms with van der Waals surface area (Å²) in [7, 11) is 0. The molecule has 2 aromatic rings. The number of nitrogens with one attached hydrogen (secondary N) is 2. The van der Waals surface area contributed by atoms with Gasteiger partial charge in [0.1, 0.15) is 0 Å². The van der Waals surface area contributed by atoms with Crippen LogP contribution in [0.1, 0.15) is 46.0 Å². The molecular weight excluding hydrogens is 320 g/mol. The Morgan fingerprint density at radius 1 is 0.920 bits per heavy atom. The number of anilines is 2. The highest BCUT2D eigenvalue weighted by molar-refractivity contribution is 6.09. The lowest BCUT2D eigenvalue weighted by atomic mass is 10.0. The minimum Gasteiger partial charge on any atom is -0.478 e. The molecule has 0 saturated heterocycles. The van der Waals surface area contributed by atoms with Crippen molar-refractivity contribution in [3.8, 4) is 0 Å². The molecule has 25 heavy (non-hydrogen) atoms. The largest absolute Gasteiger partial charge is 0.478 e. The van der Waals surface area contributed by atoms with Crippen molar-refractivity contribution in [2.45, 2.75) is 26.7 Å². The molecule has 0 aliphatic heterocycles. The molecule has 130 valence electrons. The van der Waals surface area contributed by atoms with Crippen LogP contribution in [0.4, 0.5) is 11.4 Å². The van der Waals surface area contributed by atoms with Gasteiger partial charge in [0.15, 0.2) is 0 Å². The molecule has 0 radical (unpaired) electrons.